The SMILES string of the molecule is COc1ccc(-c2cc(S(=O)(=O)N(C)Cc3ccccc3)on2)cc1. The molecule has 1 aromatic heterocycles. The van der Waals surface area contributed by atoms with E-state index >= 15 is 0 Å². The number of hydrogen-bond acceptors (Lipinski definition) is 5. The van der Waals surface area contributed by atoms with Gasteiger partial charge in [0, 0.05) is 25.2 Å². The molecule has 0 radical (unpaired) electrons. The van der Waals surface area contributed by atoms with E-state index in [1.807, 2.05) is 30.3 Å². The van der Waals surface area contributed by atoms with Crippen molar-refractivity contribution >= 4 is 10.0 Å². The molecule has 1 heterocycles. The van der Waals surface area contributed by atoms with E-state index in [1.165, 1.54) is 17.4 Å². The monoisotopic (exact) mass is 358 g/mol. The zero-order chi connectivity index (χ0) is 17.9. The fourth-order valence-corrected chi connectivity index (χ4v) is 3.38. The Morgan fingerprint density at radius 3 is 2.40 bits per heavy atom. The third kappa shape index (κ3) is 3.72. The average molecular weight is 358 g/mol. The molecular formula is C18H18N2O4S. The minimum atomic E-state index is -3.76. The van der Waals surface area contributed by atoms with E-state index in [9.17, 15) is 8.42 Å². The highest BCUT2D eigenvalue weighted by Crippen LogP contribution is 2.25. The second-order valence-electron chi connectivity index (χ2n) is 5.51. The first-order valence-corrected chi connectivity index (χ1v) is 9.06. The lowest BCUT2D eigenvalue weighted by Gasteiger charge is -2.14. The normalized spacial score (nSPS) is 11.6. The van der Waals surface area contributed by atoms with Crippen LogP contribution in [-0.2, 0) is 16.6 Å². The number of rotatable bonds is 6. The second-order valence-corrected chi connectivity index (χ2v) is 7.48. The fourth-order valence-electron chi connectivity index (χ4n) is 2.36. The average Bonchev–Trinajstić information content (AvgIpc) is 3.13. The highest BCUT2D eigenvalue weighted by Gasteiger charge is 2.26. The van der Waals surface area contributed by atoms with Crippen LogP contribution in [0, 0.1) is 0 Å². The van der Waals surface area contributed by atoms with Crippen LogP contribution in [0.15, 0.2) is 70.3 Å². The van der Waals surface area contributed by atoms with Gasteiger partial charge in [0.1, 0.15) is 11.4 Å². The van der Waals surface area contributed by atoms with Gasteiger partial charge in [-0.25, -0.2) is 8.42 Å². The molecule has 0 atom stereocenters. The maximum Gasteiger partial charge on any atom is 0.279 e. The Labute approximate surface area is 146 Å². The fraction of sp³-hybridized carbons (Fsp3) is 0.167. The summed E-state index contributed by atoms with van der Waals surface area (Å²) in [5.74, 6) is 0.711. The number of ether oxygens (including phenoxy) is 1. The number of aromatic nitrogens is 1. The van der Waals surface area contributed by atoms with Gasteiger partial charge in [-0.15, -0.1) is 0 Å². The molecule has 0 aliphatic heterocycles. The summed E-state index contributed by atoms with van der Waals surface area (Å²) < 4.78 is 36.7. The summed E-state index contributed by atoms with van der Waals surface area (Å²) in [5.41, 5.74) is 2.09. The number of benzene rings is 2. The van der Waals surface area contributed by atoms with E-state index in [4.69, 9.17) is 9.26 Å². The number of methoxy groups -OCH3 is 1. The molecule has 0 aliphatic rings. The van der Waals surface area contributed by atoms with Gasteiger partial charge < -0.3 is 9.26 Å². The summed E-state index contributed by atoms with van der Waals surface area (Å²) in [5, 5.41) is 3.69. The van der Waals surface area contributed by atoms with Crippen molar-refractivity contribution in [3.05, 3.63) is 66.2 Å². The maximum absolute atomic E-state index is 12.7. The van der Waals surface area contributed by atoms with Gasteiger partial charge in [0.15, 0.2) is 0 Å². The molecule has 0 saturated heterocycles. The van der Waals surface area contributed by atoms with Crippen LogP contribution >= 0.6 is 0 Å². The van der Waals surface area contributed by atoms with E-state index in [-0.39, 0.29) is 11.6 Å². The van der Waals surface area contributed by atoms with Crippen LogP contribution in [0.2, 0.25) is 0 Å². The van der Waals surface area contributed by atoms with Crippen LogP contribution in [0.25, 0.3) is 11.3 Å². The topological polar surface area (TPSA) is 72.6 Å². The van der Waals surface area contributed by atoms with Gasteiger partial charge in [-0.05, 0) is 29.8 Å². The predicted molar refractivity (Wildman–Crippen MR) is 93.6 cm³/mol. The van der Waals surface area contributed by atoms with Crippen LogP contribution < -0.4 is 4.74 Å². The van der Waals surface area contributed by atoms with Gasteiger partial charge >= 0.3 is 0 Å². The molecule has 3 aromatic rings. The zero-order valence-corrected chi connectivity index (χ0v) is 14.7. The maximum atomic E-state index is 12.7. The van der Waals surface area contributed by atoms with Crippen LogP contribution in [0.1, 0.15) is 5.56 Å². The summed E-state index contributed by atoms with van der Waals surface area (Å²) in [6.45, 7) is 0.252. The summed E-state index contributed by atoms with van der Waals surface area (Å²) >= 11 is 0. The molecule has 0 N–H and O–H groups in total. The van der Waals surface area contributed by atoms with E-state index in [1.54, 1.807) is 31.4 Å². The van der Waals surface area contributed by atoms with Gasteiger partial charge in [-0.3, -0.25) is 0 Å². The van der Waals surface area contributed by atoms with E-state index in [2.05, 4.69) is 5.16 Å². The molecule has 0 unspecified atom stereocenters. The van der Waals surface area contributed by atoms with Crippen LogP contribution in [-0.4, -0.2) is 32.0 Å². The van der Waals surface area contributed by atoms with Crippen molar-refractivity contribution in [3.63, 3.8) is 0 Å². The van der Waals surface area contributed by atoms with E-state index in [0.29, 0.717) is 11.4 Å². The smallest absolute Gasteiger partial charge is 0.279 e. The number of sulfonamides is 1. The summed E-state index contributed by atoms with van der Waals surface area (Å²) in [7, 11) is -0.664. The van der Waals surface area contributed by atoms with Crippen LogP contribution in [0.3, 0.4) is 0 Å². The Bertz CT molecular complexity index is 935. The Balaban J connectivity index is 1.82. The second kappa shape index (κ2) is 7.08. The molecule has 7 heteroatoms. The van der Waals surface area contributed by atoms with Gasteiger partial charge in [0.25, 0.3) is 15.1 Å². The molecular weight excluding hydrogens is 340 g/mol. The van der Waals surface area contributed by atoms with Gasteiger partial charge in [0.05, 0.1) is 7.11 Å². The van der Waals surface area contributed by atoms with Crippen LogP contribution in [0.5, 0.6) is 5.75 Å². The molecule has 0 spiro atoms. The third-order valence-corrected chi connectivity index (χ3v) is 5.44. The first-order valence-electron chi connectivity index (χ1n) is 7.62. The summed E-state index contributed by atoms with van der Waals surface area (Å²) in [6.07, 6.45) is 0. The van der Waals surface area contributed by atoms with Gasteiger partial charge in [-0.2, -0.15) is 4.31 Å². The van der Waals surface area contributed by atoms with E-state index < -0.39 is 10.0 Å². The predicted octanol–water partition coefficient (Wildman–Crippen LogP) is 3.17. The van der Waals surface area contributed by atoms with Gasteiger partial charge in [-0.1, -0.05) is 35.5 Å². The summed E-state index contributed by atoms with van der Waals surface area (Å²) in [6, 6.07) is 17.9. The Morgan fingerprint density at radius 1 is 1.08 bits per heavy atom. The standard InChI is InChI=1S/C18H18N2O4S/c1-20(13-14-6-4-3-5-7-14)25(21,22)18-12-17(19-24-18)15-8-10-16(23-2)11-9-15/h3-12H,13H2,1-2H3. The number of hydrogen-bond donors (Lipinski definition) is 0. The zero-order valence-electron chi connectivity index (χ0n) is 13.9. The summed E-state index contributed by atoms with van der Waals surface area (Å²) in [4.78, 5) is 0. The first kappa shape index (κ1) is 17.2. The molecule has 0 saturated carbocycles. The number of nitrogens with zero attached hydrogens (tertiary/aromatic N) is 2. The lowest BCUT2D eigenvalue weighted by Crippen LogP contribution is -2.26. The molecule has 25 heavy (non-hydrogen) atoms. The molecule has 3 rings (SSSR count). The third-order valence-electron chi connectivity index (χ3n) is 3.79. The Morgan fingerprint density at radius 2 is 1.76 bits per heavy atom. The Kier molecular flexibility index (Phi) is 4.87. The first-order chi connectivity index (χ1) is 12.0. The van der Waals surface area contributed by atoms with Crippen molar-refractivity contribution in [2.75, 3.05) is 14.2 Å². The molecule has 0 aliphatic carbocycles. The van der Waals surface area contributed by atoms with Crippen molar-refractivity contribution in [1.29, 1.82) is 0 Å². The molecule has 130 valence electrons. The quantitative estimate of drug-likeness (QED) is 0.677. The molecule has 0 amide bonds. The minimum absolute atomic E-state index is 0.184. The van der Waals surface area contributed by atoms with E-state index in [0.717, 1.165) is 11.1 Å². The largest absolute Gasteiger partial charge is 0.497 e. The highest BCUT2D eigenvalue weighted by atomic mass is 32.2. The van der Waals surface area contributed by atoms with Crippen molar-refractivity contribution in [2.45, 2.75) is 11.6 Å². The molecule has 0 bridgehead atoms. The molecule has 6 nitrogen and oxygen atoms in total. The van der Waals surface area contributed by atoms with Crippen molar-refractivity contribution in [3.8, 4) is 17.0 Å². The van der Waals surface area contributed by atoms with Crippen molar-refractivity contribution in [2.24, 2.45) is 0 Å². The van der Waals surface area contributed by atoms with Crippen molar-refractivity contribution in [1.82, 2.24) is 9.46 Å². The Hall–Kier alpha value is -2.64. The lowest BCUT2D eigenvalue weighted by atomic mass is 10.1. The molecule has 2 aromatic carbocycles. The van der Waals surface area contributed by atoms with Gasteiger partial charge in [0.2, 0.25) is 0 Å². The van der Waals surface area contributed by atoms with Crippen molar-refractivity contribution < 1.29 is 17.7 Å². The molecule has 0 fully saturated rings. The lowest BCUT2D eigenvalue weighted by molar-refractivity contribution is 0.328. The van der Waals surface area contributed by atoms with Crippen LogP contribution in [0.4, 0.5) is 0 Å². The highest BCUT2D eigenvalue weighted by molar-refractivity contribution is 7.88. The minimum Gasteiger partial charge on any atom is -0.497 e.